The number of nitrogens with one attached hydrogen (secondary N) is 1. The lowest BCUT2D eigenvalue weighted by atomic mass is 9.62. The van der Waals surface area contributed by atoms with Gasteiger partial charge in [-0.3, -0.25) is 10.1 Å². The minimum absolute atomic E-state index is 0.0776. The van der Waals surface area contributed by atoms with Crippen LogP contribution in [0, 0.1) is 11.3 Å². The molecule has 0 bridgehead atoms. The third-order valence-electron chi connectivity index (χ3n) is 4.09. The van der Waals surface area contributed by atoms with Gasteiger partial charge in [-0.15, -0.1) is 10.2 Å². The first kappa shape index (κ1) is 14.8. The van der Waals surface area contributed by atoms with Crippen molar-refractivity contribution < 1.29 is 4.79 Å². The Morgan fingerprint density at radius 1 is 1.30 bits per heavy atom. The van der Waals surface area contributed by atoms with Gasteiger partial charge in [0.25, 0.3) is 0 Å². The molecular weight excluding hydrogens is 254 g/mol. The monoisotopic (exact) mass is 277 g/mol. The van der Waals surface area contributed by atoms with Crippen LogP contribution in [0.4, 0.5) is 5.95 Å². The van der Waals surface area contributed by atoms with Crippen LogP contribution < -0.4 is 11.1 Å². The molecule has 1 aliphatic rings. The van der Waals surface area contributed by atoms with Crippen LogP contribution in [-0.2, 0) is 17.6 Å². The van der Waals surface area contributed by atoms with E-state index >= 15 is 0 Å². The van der Waals surface area contributed by atoms with Gasteiger partial charge in [-0.05, 0) is 31.6 Å². The fourth-order valence-electron chi connectivity index (χ4n) is 2.94. The van der Waals surface area contributed by atoms with E-state index in [0.29, 0.717) is 12.5 Å². The van der Waals surface area contributed by atoms with Gasteiger partial charge in [-0.2, -0.15) is 0 Å². The van der Waals surface area contributed by atoms with E-state index in [1.54, 1.807) is 0 Å². The maximum Gasteiger partial charge on any atom is 0.249 e. The first-order chi connectivity index (χ1) is 9.54. The summed E-state index contributed by atoms with van der Waals surface area (Å²) < 4.78 is 0. The molecule has 0 aliphatic heterocycles. The zero-order valence-electron chi connectivity index (χ0n) is 12.4. The second-order valence-corrected chi connectivity index (χ2v) is 5.69. The predicted molar refractivity (Wildman–Crippen MR) is 77.1 cm³/mol. The van der Waals surface area contributed by atoms with E-state index in [0.717, 1.165) is 37.1 Å². The molecule has 1 aliphatic carbocycles. The molecule has 1 fully saturated rings. The highest BCUT2D eigenvalue weighted by Crippen LogP contribution is 2.45. The number of amides is 1. The number of aromatic nitrogens is 3. The van der Waals surface area contributed by atoms with Crippen molar-refractivity contribution in [3.05, 3.63) is 11.4 Å². The highest BCUT2D eigenvalue weighted by Gasteiger charge is 2.47. The Hall–Kier alpha value is -1.56. The number of hydrogen-bond acceptors (Lipinski definition) is 5. The molecule has 6 heteroatoms. The van der Waals surface area contributed by atoms with Gasteiger partial charge in [-0.25, -0.2) is 4.98 Å². The Kier molecular flexibility index (Phi) is 4.32. The summed E-state index contributed by atoms with van der Waals surface area (Å²) in [7, 11) is 0. The van der Waals surface area contributed by atoms with E-state index in [4.69, 9.17) is 5.73 Å². The summed E-state index contributed by atoms with van der Waals surface area (Å²) in [4.78, 5) is 16.7. The zero-order chi connectivity index (χ0) is 14.8. The van der Waals surface area contributed by atoms with Crippen molar-refractivity contribution in [2.45, 2.75) is 46.5 Å². The molecule has 0 atom stereocenters. The molecule has 1 heterocycles. The fourth-order valence-corrected chi connectivity index (χ4v) is 2.94. The van der Waals surface area contributed by atoms with Crippen LogP contribution in [0.5, 0.6) is 0 Å². The highest BCUT2D eigenvalue weighted by molar-refractivity contribution is 5.94. The van der Waals surface area contributed by atoms with E-state index in [1.165, 1.54) is 0 Å². The van der Waals surface area contributed by atoms with E-state index in [1.807, 2.05) is 13.8 Å². The number of carbonyl (C=O) groups excluding carboxylic acids is 1. The van der Waals surface area contributed by atoms with E-state index in [9.17, 15) is 4.79 Å². The summed E-state index contributed by atoms with van der Waals surface area (Å²) in [6.07, 6.45) is 3.23. The first-order valence-electron chi connectivity index (χ1n) is 7.28. The van der Waals surface area contributed by atoms with E-state index < -0.39 is 5.41 Å². The summed E-state index contributed by atoms with van der Waals surface area (Å²) >= 11 is 0. The van der Waals surface area contributed by atoms with E-state index in [-0.39, 0.29) is 11.9 Å². The third-order valence-corrected chi connectivity index (χ3v) is 4.09. The minimum Gasteiger partial charge on any atom is -0.329 e. The normalized spacial score (nSPS) is 25.1. The number of nitrogens with zero attached hydrogens (tertiary/aromatic N) is 3. The average Bonchev–Trinajstić information content (AvgIpc) is 2.43. The number of aryl methyl sites for hydroxylation is 2. The van der Waals surface area contributed by atoms with Gasteiger partial charge in [0, 0.05) is 6.54 Å². The summed E-state index contributed by atoms with van der Waals surface area (Å²) in [6, 6.07) is 0. The molecule has 110 valence electrons. The molecule has 0 radical (unpaired) electrons. The molecule has 0 spiro atoms. The van der Waals surface area contributed by atoms with Crippen LogP contribution in [-0.4, -0.2) is 27.6 Å². The van der Waals surface area contributed by atoms with Crippen molar-refractivity contribution in [1.82, 2.24) is 15.2 Å². The van der Waals surface area contributed by atoms with Crippen LogP contribution in [0.25, 0.3) is 0 Å². The largest absolute Gasteiger partial charge is 0.329 e. The van der Waals surface area contributed by atoms with Crippen LogP contribution >= 0.6 is 0 Å². The van der Waals surface area contributed by atoms with Crippen molar-refractivity contribution in [3.8, 4) is 0 Å². The van der Waals surface area contributed by atoms with Crippen LogP contribution in [0.2, 0.25) is 0 Å². The van der Waals surface area contributed by atoms with E-state index in [2.05, 4.69) is 27.4 Å². The van der Waals surface area contributed by atoms with Crippen molar-refractivity contribution in [2.75, 3.05) is 11.9 Å². The Balaban J connectivity index is 2.12. The summed E-state index contributed by atoms with van der Waals surface area (Å²) in [5, 5.41) is 10.9. The van der Waals surface area contributed by atoms with Gasteiger partial charge in [0.2, 0.25) is 11.9 Å². The molecule has 1 aromatic rings. The first-order valence-corrected chi connectivity index (χ1v) is 7.28. The molecule has 1 amide bonds. The molecule has 0 aromatic carbocycles. The Morgan fingerprint density at radius 2 is 1.95 bits per heavy atom. The quantitative estimate of drug-likeness (QED) is 0.846. The second kappa shape index (κ2) is 5.83. The Morgan fingerprint density at radius 3 is 2.45 bits per heavy atom. The van der Waals surface area contributed by atoms with Crippen molar-refractivity contribution >= 4 is 11.9 Å². The van der Waals surface area contributed by atoms with Crippen molar-refractivity contribution in [3.63, 3.8) is 0 Å². The van der Waals surface area contributed by atoms with Crippen molar-refractivity contribution in [2.24, 2.45) is 17.1 Å². The van der Waals surface area contributed by atoms with Gasteiger partial charge in [0.15, 0.2) is 0 Å². The molecule has 0 unspecified atom stereocenters. The lowest BCUT2D eigenvalue weighted by Crippen LogP contribution is -2.51. The van der Waals surface area contributed by atoms with Gasteiger partial charge >= 0.3 is 0 Å². The maximum absolute atomic E-state index is 12.3. The van der Waals surface area contributed by atoms with Crippen LogP contribution in [0.3, 0.4) is 0 Å². The third kappa shape index (κ3) is 2.65. The summed E-state index contributed by atoms with van der Waals surface area (Å²) in [5.41, 5.74) is 7.10. The molecule has 1 saturated carbocycles. The van der Waals surface area contributed by atoms with Crippen LogP contribution in [0.15, 0.2) is 0 Å². The molecule has 3 N–H and O–H groups in total. The van der Waals surface area contributed by atoms with Gasteiger partial charge in [-0.1, -0.05) is 20.8 Å². The molecule has 0 saturated heterocycles. The Bertz CT molecular complexity index is 496. The second-order valence-electron chi connectivity index (χ2n) is 5.69. The maximum atomic E-state index is 12.3. The van der Waals surface area contributed by atoms with Crippen LogP contribution in [0.1, 0.15) is 45.0 Å². The summed E-state index contributed by atoms with van der Waals surface area (Å²) in [5.74, 6) is 0.764. The smallest absolute Gasteiger partial charge is 0.249 e. The standard InChI is InChI=1S/C14H23N5O/c1-4-10-11(5-2)18-19-13(16-10)17-12(20)14(8-15)6-9(3)7-14/h9H,4-8,15H2,1-3H3,(H,16,17,19,20). The highest BCUT2D eigenvalue weighted by atomic mass is 16.2. The zero-order valence-corrected chi connectivity index (χ0v) is 12.4. The predicted octanol–water partition coefficient (Wildman–Crippen LogP) is 1.31. The lowest BCUT2D eigenvalue weighted by molar-refractivity contribution is -0.132. The minimum atomic E-state index is -0.446. The number of hydrogen-bond donors (Lipinski definition) is 2. The molecule has 6 nitrogen and oxygen atoms in total. The number of nitrogens with two attached hydrogens (primary N) is 1. The number of rotatable bonds is 5. The lowest BCUT2D eigenvalue weighted by Gasteiger charge is -2.43. The number of anilines is 1. The molecular formula is C14H23N5O. The SMILES string of the molecule is CCc1nnc(NC(=O)C2(CN)CC(C)C2)nc1CC. The van der Waals surface area contributed by atoms with Gasteiger partial charge in [0.05, 0.1) is 16.8 Å². The van der Waals surface area contributed by atoms with Gasteiger partial charge in [0.1, 0.15) is 0 Å². The van der Waals surface area contributed by atoms with Crippen molar-refractivity contribution in [1.29, 1.82) is 0 Å². The number of carbonyl (C=O) groups is 1. The topological polar surface area (TPSA) is 93.8 Å². The molecule has 1 aromatic heterocycles. The Labute approximate surface area is 119 Å². The molecule has 2 rings (SSSR count). The molecule has 20 heavy (non-hydrogen) atoms. The van der Waals surface area contributed by atoms with Gasteiger partial charge < -0.3 is 5.73 Å². The average molecular weight is 277 g/mol. The fraction of sp³-hybridized carbons (Fsp3) is 0.714. The summed E-state index contributed by atoms with van der Waals surface area (Å²) in [6.45, 7) is 6.53.